The maximum Gasteiger partial charge on any atom is 0.294 e. The number of sulfonamides is 1. The van der Waals surface area contributed by atoms with Gasteiger partial charge >= 0.3 is 0 Å². The van der Waals surface area contributed by atoms with Crippen LogP contribution in [0, 0.1) is 6.92 Å². The van der Waals surface area contributed by atoms with Crippen molar-refractivity contribution >= 4 is 27.4 Å². The lowest BCUT2D eigenvalue weighted by Crippen LogP contribution is -2.25. The smallest absolute Gasteiger partial charge is 0.294 e. The van der Waals surface area contributed by atoms with Crippen molar-refractivity contribution in [3.63, 3.8) is 0 Å². The quantitative estimate of drug-likeness (QED) is 0.744. The molecule has 0 unspecified atom stereocenters. The maximum absolute atomic E-state index is 12.6. The van der Waals surface area contributed by atoms with Gasteiger partial charge in [0.2, 0.25) is 5.82 Å². The third-order valence-electron chi connectivity index (χ3n) is 3.57. The zero-order valence-corrected chi connectivity index (χ0v) is 14.9. The van der Waals surface area contributed by atoms with Crippen molar-refractivity contribution < 1.29 is 8.42 Å². The highest BCUT2D eigenvalue weighted by atomic mass is 35.5. The normalized spacial score (nSPS) is 11.5. The van der Waals surface area contributed by atoms with Gasteiger partial charge in [0.25, 0.3) is 15.6 Å². The number of benzene rings is 1. The highest BCUT2D eigenvalue weighted by molar-refractivity contribution is 7.92. The fourth-order valence-corrected chi connectivity index (χ4v) is 3.54. The Morgan fingerprint density at radius 3 is 2.56 bits per heavy atom. The molecule has 1 N–H and O–H groups in total. The van der Waals surface area contributed by atoms with Crippen LogP contribution in [0.5, 0.6) is 0 Å². The van der Waals surface area contributed by atoms with Crippen LogP contribution >= 0.6 is 11.6 Å². The van der Waals surface area contributed by atoms with E-state index in [-0.39, 0.29) is 10.7 Å². The zero-order chi connectivity index (χ0) is 18.2. The van der Waals surface area contributed by atoms with E-state index in [1.54, 1.807) is 31.2 Å². The van der Waals surface area contributed by atoms with Gasteiger partial charge in [0.05, 0.1) is 17.6 Å². The summed E-state index contributed by atoms with van der Waals surface area (Å²) in [5, 5.41) is 4.68. The van der Waals surface area contributed by atoms with Crippen LogP contribution in [0.3, 0.4) is 0 Å². The highest BCUT2D eigenvalue weighted by Crippen LogP contribution is 2.21. The fraction of sp³-hybridized carbons (Fsp3) is 0.133. The maximum atomic E-state index is 12.6. The second kappa shape index (κ2) is 6.34. The van der Waals surface area contributed by atoms with Gasteiger partial charge in [0.15, 0.2) is 0 Å². The van der Waals surface area contributed by atoms with E-state index < -0.39 is 15.6 Å². The van der Waals surface area contributed by atoms with E-state index in [4.69, 9.17) is 11.6 Å². The first-order valence-corrected chi connectivity index (χ1v) is 9.01. The Balaban J connectivity index is 2.00. The molecule has 0 saturated heterocycles. The minimum atomic E-state index is -4.01. The summed E-state index contributed by atoms with van der Waals surface area (Å²) in [6.07, 6.45) is 3.99. The van der Waals surface area contributed by atoms with Crippen molar-refractivity contribution in [2.75, 3.05) is 4.72 Å². The predicted molar refractivity (Wildman–Crippen MR) is 93.6 cm³/mol. The molecule has 0 saturated carbocycles. The number of aryl methyl sites for hydroxylation is 1. The molecule has 3 rings (SSSR count). The minimum absolute atomic E-state index is 0.0462. The molecule has 130 valence electrons. The number of hydrogen-bond donors (Lipinski definition) is 1. The van der Waals surface area contributed by atoms with Gasteiger partial charge in [-0.1, -0.05) is 11.6 Å². The highest BCUT2D eigenvalue weighted by Gasteiger charge is 2.23. The van der Waals surface area contributed by atoms with Gasteiger partial charge in [-0.25, -0.2) is 18.1 Å². The molecule has 2 heterocycles. The van der Waals surface area contributed by atoms with E-state index in [0.717, 1.165) is 0 Å². The van der Waals surface area contributed by atoms with Crippen LogP contribution in [0.25, 0.3) is 5.69 Å². The van der Waals surface area contributed by atoms with Crippen LogP contribution in [0.15, 0.2) is 52.5 Å². The van der Waals surface area contributed by atoms with Crippen LogP contribution in [-0.2, 0) is 17.1 Å². The van der Waals surface area contributed by atoms with E-state index in [1.807, 2.05) is 0 Å². The fourth-order valence-electron chi connectivity index (χ4n) is 2.25. The van der Waals surface area contributed by atoms with Crippen LogP contribution < -0.4 is 10.3 Å². The second-order valence-corrected chi connectivity index (χ2v) is 7.37. The van der Waals surface area contributed by atoms with Gasteiger partial charge in [-0.3, -0.25) is 9.52 Å². The molecule has 0 atom stereocenters. The first-order chi connectivity index (χ1) is 11.8. The van der Waals surface area contributed by atoms with E-state index in [0.29, 0.717) is 16.4 Å². The van der Waals surface area contributed by atoms with Crippen molar-refractivity contribution in [2.45, 2.75) is 11.8 Å². The largest absolute Gasteiger partial charge is 0.314 e. The SMILES string of the molecule is Cc1c(S(=O)(=O)Nc2nccn(C)c2=O)cnn1-c1ccc(Cl)cc1. The van der Waals surface area contributed by atoms with Crippen LogP contribution in [0.4, 0.5) is 5.82 Å². The molecule has 8 nitrogen and oxygen atoms in total. The van der Waals surface area contributed by atoms with Crippen LogP contribution in [0.1, 0.15) is 5.69 Å². The van der Waals surface area contributed by atoms with Crippen molar-refractivity contribution in [1.29, 1.82) is 0 Å². The Morgan fingerprint density at radius 2 is 1.88 bits per heavy atom. The van der Waals surface area contributed by atoms with Crippen molar-refractivity contribution in [3.8, 4) is 5.69 Å². The first-order valence-electron chi connectivity index (χ1n) is 7.14. The molecule has 0 aliphatic rings. The summed E-state index contributed by atoms with van der Waals surface area (Å²) in [6.45, 7) is 1.62. The standard InChI is InChI=1S/C15H14ClN5O3S/c1-10-13(9-18-21(10)12-5-3-11(16)4-6-12)25(23,24)19-14-15(22)20(2)8-7-17-14/h3-9H,1-2H3,(H,17,19). The predicted octanol–water partition coefficient (Wildman–Crippen LogP) is 1.73. The molecule has 10 heteroatoms. The topological polar surface area (TPSA) is 98.9 Å². The lowest BCUT2D eigenvalue weighted by atomic mass is 10.3. The lowest BCUT2D eigenvalue weighted by Gasteiger charge is -2.08. The average Bonchev–Trinajstić information content (AvgIpc) is 2.95. The average molecular weight is 380 g/mol. The Kier molecular flexibility index (Phi) is 4.36. The van der Waals surface area contributed by atoms with E-state index in [1.165, 1.54) is 34.9 Å². The Labute approximate surface area is 148 Å². The van der Waals surface area contributed by atoms with Crippen molar-refractivity contribution in [3.05, 3.63) is 63.9 Å². The molecular formula is C15H14ClN5O3S. The monoisotopic (exact) mass is 379 g/mol. The number of nitrogens with one attached hydrogen (secondary N) is 1. The zero-order valence-electron chi connectivity index (χ0n) is 13.3. The van der Waals surface area contributed by atoms with Crippen molar-refractivity contribution in [2.24, 2.45) is 7.05 Å². The van der Waals surface area contributed by atoms with Crippen molar-refractivity contribution in [1.82, 2.24) is 19.3 Å². The summed E-state index contributed by atoms with van der Waals surface area (Å²) in [7, 11) is -2.51. The summed E-state index contributed by atoms with van der Waals surface area (Å²) < 4.78 is 30.1. The van der Waals surface area contributed by atoms with E-state index in [9.17, 15) is 13.2 Å². The summed E-state index contributed by atoms with van der Waals surface area (Å²) >= 11 is 5.86. The molecule has 0 aliphatic heterocycles. The number of halogens is 1. The molecule has 0 radical (unpaired) electrons. The summed E-state index contributed by atoms with van der Waals surface area (Å²) in [4.78, 5) is 15.7. The first kappa shape index (κ1) is 17.2. The molecule has 0 fully saturated rings. The van der Waals surface area contributed by atoms with Gasteiger partial charge < -0.3 is 4.57 Å². The molecule has 0 bridgehead atoms. The number of rotatable bonds is 4. The van der Waals surface area contributed by atoms with Crippen LogP contribution in [0.2, 0.25) is 5.02 Å². The molecule has 0 amide bonds. The minimum Gasteiger partial charge on any atom is -0.314 e. The molecular weight excluding hydrogens is 366 g/mol. The summed E-state index contributed by atoms with van der Waals surface area (Å²) in [5.41, 5.74) is 0.508. The Morgan fingerprint density at radius 1 is 1.20 bits per heavy atom. The number of anilines is 1. The van der Waals surface area contributed by atoms with Gasteiger partial charge in [-0.2, -0.15) is 5.10 Å². The lowest BCUT2D eigenvalue weighted by molar-refractivity contribution is 0.600. The number of aromatic nitrogens is 4. The van der Waals surface area contributed by atoms with E-state index in [2.05, 4.69) is 14.8 Å². The van der Waals surface area contributed by atoms with Gasteiger partial charge in [-0.15, -0.1) is 0 Å². The Bertz CT molecular complexity index is 1090. The van der Waals surface area contributed by atoms with Gasteiger partial charge in [0, 0.05) is 24.5 Å². The molecule has 0 spiro atoms. The number of nitrogens with zero attached hydrogens (tertiary/aromatic N) is 4. The molecule has 0 aliphatic carbocycles. The summed E-state index contributed by atoms with van der Waals surface area (Å²) in [5.74, 6) is -0.274. The van der Waals surface area contributed by atoms with Gasteiger partial charge in [0.1, 0.15) is 4.90 Å². The number of hydrogen-bond acceptors (Lipinski definition) is 5. The molecule has 1 aromatic carbocycles. The Hall–Kier alpha value is -2.65. The van der Waals surface area contributed by atoms with E-state index >= 15 is 0 Å². The molecule has 25 heavy (non-hydrogen) atoms. The second-order valence-electron chi connectivity index (χ2n) is 5.28. The third-order valence-corrected chi connectivity index (χ3v) is 5.27. The third kappa shape index (κ3) is 3.28. The molecule has 2 aromatic heterocycles. The van der Waals surface area contributed by atoms with Crippen LogP contribution in [-0.4, -0.2) is 27.7 Å². The van der Waals surface area contributed by atoms with Gasteiger partial charge in [-0.05, 0) is 31.2 Å². The molecule has 3 aromatic rings. The summed E-state index contributed by atoms with van der Waals surface area (Å²) in [6, 6.07) is 6.81.